The Kier molecular flexibility index (Phi) is 4.76. The van der Waals surface area contributed by atoms with E-state index in [1.807, 2.05) is 13.0 Å². The highest BCUT2D eigenvalue weighted by Gasteiger charge is 2.16. The molecule has 0 saturated heterocycles. The maximum atomic E-state index is 12.5. The highest BCUT2D eigenvalue weighted by atomic mass is 32.1. The lowest BCUT2D eigenvalue weighted by atomic mass is 10.0. The normalized spacial score (nSPS) is 12.5. The maximum absolute atomic E-state index is 12.5. The van der Waals surface area contributed by atoms with Gasteiger partial charge in [0.15, 0.2) is 0 Å². The summed E-state index contributed by atoms with van der Waals surface area (Å²) in [6.07, 6.45) is 1.30. The number of carbonyl (C=O) groups is 1. The number of fused-ring (bicyclic) bond motifs is 1. The first kappa shape index (κ1) is 16.8. The molecule has 3 rings (SSSR count). The third-order valence-corrected chi connectivity index (χ3v) is 5.56. The van der Waals surface area contributed by atoms with Crippen molar-refractivity contribution in [1.29, 1.82) is 0 Å². The van der Waals surface area contributed by atoms with Gasteiger partial charge >= 0.3 is 0 Å². The van der Waals surface area contributed by atoms with Gasteiger partial charge in [0.05, 0.1) is 6.42 Å². The van der Waals surface area contributed by atoms with Crippen LogP contribution in [0.25, 0.3) is 10.9 Å². The van der Waals surface area contributed by atoms with Gasteiger partial charge in [0.1, 0.15) is 0 Å². The molecule has 0 aliphatic carbocycles. The predicted molar refractivity (Wildman–Crippen MR) is 102 cm³/mol. The summed E-state index contributed by atoms with van der Waals surface area (Å²) in [4.78, 5) is 17.2. The van der Waals surface area contributed by atoms with Gasteiger partial charge in [-0.15, -0.1) is 11.3 Å². The molecule has 2 N–H and O–H groups in total. The van der Waals surface area contributed by atoms with Gasteiger partial charge in [-0.2, -0.15) is 0 Å². The molecule has 3 aromatic rings. The number of hydrogen-bond donors (Lipinski definition) is 2. The fraction of sp³-hybridized carbons (Fsp3) is 0.350. The van der Waals surface area contributed by atoms with E-state index in [1.54, 1.807) is 11.3 Å². The number of aromatic amines is 1. The van der Waals surface area contributed by atoms with Crippen molar-refractivity contribution < 1.29 is 4.79 Å². The molecule has 24 heavy (non-hydrogen) atoms. The average molecular weight is 340 g/mol. The van der Waals surface area contributed by atoms with Gasteiger partial charge in [0.25, 0.3) is 0 Å². The minimum Gasteiger partial charge on any atom is -0.358 e. The first-order valence-corrected chi connectivity index (χ1v) is 9.22. The lowest BCUT2D eigenvalue weighted by molar-refractivity contribution is -0.121. The van der Waals surface area contributed by atoms with Crippen LogP contribution in [-0.4, -0.2) is 16.9 Å². The number of thiophene rings is 1. The standard InChI is InChI=1S/C20H24N2OS/c1-12-7-8-17-18(15(4)22-20(17)14(12)3)11-19(23)21-13(2)10-16-6-5-9-24-16/h5-9,13,22H,10-11H2,1-4H3,(H,21,23)/t13-/m1/s1. The Morgan fingerprint density at radius 3 is 2.75 bits per heavy atom. The van der Waals surface area contributed by atoms with E-state index < -0.39 is 0 Å². The highest BCUT2D eigenvalue weighted by molar-refractivity contribution is 7.09. The zero-order valence-electron chi connectivity index (χ0n) is 14.7. The fourth-order valence-corrected chi connectivity index (χ4v) is 4.02. The minimum absolute atomic E-state index is 0.0845. The zero-order valence-corrected chi connectivity index (χ0v) is 15.5. The van der Waals surface area contributed by atoms with E-state index in [9.17, 15) is 4.79 Å². The van der Waals surface area contributed by atoms with Crippen molar-refractivity contribution in [2.75, 3.05) is 0 Å². The van der Waals surface area contributed by atoms with Crippen molar-refractivity contribution in [3.63, 3.8) is 0 Å². The van der Waals surface area contributed by atoms with Crippen LogP contribution in [0, 0.1) is 20.8 Å². The van der Waals surface area contributed by atoms with Crippen molar-refractivity contribution in [2.24, 2.45) is 0 Å². The summed E-state index contributed by atoms with van der Waals surface area (Å²) in [5, 5.41) is 6.36. The van der Waals surface area contributed by atoms with Crippen molar-refractivity contribution in [3.8, 4) is 0 Å². The summed E-state index contributed by atoms with van der Waals surface area (Å²) in [5.41, 5.74) is 5.87. The number of hydrogen-bond acceptors (Lipinski definition) is 2. The van der Waals surface area contributed by atoms with Crippen LogP contribution in [0.4, 0.5) is 0 Å². The number of rotatable bonds is 5. The Labute approximate surface area is 147 Å². The molecule has 4 heteroatoms. The minimum atomic E-state index is 0.0845. The number of amides is 1. The van der Waals surface area contributed by atoms with Gasteiger partial charge in [-0.1, -0.05) is 18.2 Å². The molecule has 126 valence electrons. The molecule has 2 heterocycles. The van der Waals surface area contributed by atoms with Crippen molar-refractivity contribution in [3.05, 3.63) is 56.9 Å². The summed E-state index contributed by atoms with van der Waals surface area (Å²) >= 11 is 1.73. The molecule has 0 radical (unpaired) electrons. The molecule has 0 unspecified atom stereocenters. The van der Waals surface area contributed by atoms with Gasteiger partial charge in [-0.05, 0) is 55.8 Å². The molecule has 0 saturated carbocycles. The van der Waals surface area contributed by atoms with Crippen LogP contribution in [0.2, 0.25) is 0 Å². The smallest absolute Gasteiger partial charge is 0.224 e. The first-order chi connectivity index (χ1) is 11.5. The summed E-state index contributed by atoms with van der Waals surface area (Å²) in [6, 6.07) is 8.56. The molecule has 1 atom stereocenters. The number of benzene rings is 1. The third-order valence-electron chi connectivity index (χ3n) is 4.66. The average Bonchev–Trinajstić information content (AvgIpc) is 3.12. The summed E-state index contributed by atoms with van der Waals surface area (Å²) in [5.74, 6) is 0.0845. The van der Waals surface area contributed by atoms with Crippen LogP contribution >= 0.6 is 11.3 Å². The van der Waals surface area contributed by atoms with E-state index in [4.69, 9.17) is 0 Å². The largest absolute Gasteiger partial charge is 0.358 e. The van der Waals surface area contributed by atoms with Crippen LogP contribution in [0.3, 0.4) is 0 Å². The molecule has 2 aromatic heterocycles. The predicted octanol–water partition coefficient (Wildman–Crippen LogP) is 4.44. The summed E-state index contributed by atoms with van der Waals surface area (Å²) in [6.45, 7) is 8.35. The molecular formula is C20H24N2OS. The van der Waals surface area contributed by atoms with Crippen LogP contribution in [0.15, 0.2) is 29.6 Å². The number of H-pyrrole nitrogens is 1. The Morgan fingerprint density at radius 2 is 2.04 bits per heavy atom. The summed E-state index contributed by atoms with van der Waals surface area (Å²) in [7, 11) is 0. The number of nitrogens with one attached hydrogen (secondary N) is 2. The van der Waals surface area contributed by atoms with Crippen LogP contribution in [0.5, 0.6) is 0 Å². The van der Waals surface area contributed by atoms with Crippen LogP contribution < -0.4 is 5.32 Å². The van der Waals surface area contributed by atoms with Crippen molar-refractivity contribution >= 4 is 28.1 Å². The molecule has 0 aliphatic heterocycles. The molecule has 0 spiro atoms. The number of aromatic nitrogens is 1. The molecule has 0 fully saturated rings. The van der Waals surface area contributed by atoms with Gasteiger partial charge < -0.3 is 10.3 Å². The Hall–Kier alpha value is -2.07. The fourth-order valence-electron chi connectivity index (χ4n) is 3.19. The number of aryl methyl sites for hydroxylation is 3. The Morgan fingerprint density at radius 1 is 1.25 bits per heavy atom. The molecule has 1 aromatic carbocycles. The Bertz CT molecular complexity index is 862. The van der Waals surface area contributed by atoms with Crippen molar-refractivity contribution in [2.45, 2.75) is 46.6 Å². The first-order valence-electron chi connectivity index (χ1n) is 8.34. The lowest BCUT2D eigenvalue weighted by Gasteiger charge is -2.13. The molecule has 0 bridgehead atoms. The third kappa shape index (κ3) is 3.39. The van der Waals surface area contributed by atoms with Crippen molar-refractivity contribution in [1.82, 2.24) is 10.3 Å². The van der Waals surface area contributed by atoms with Gasteiger partial charge in [-0.3, -0.25) is 4.79 Å². The van der Waals surface area contributed by atoms with E-state index in [0.29, 0.717) is 6.42 Å². The van der Waals surface area contributed by atoms with E-state index in [2.05, 4.69) is 54.7 Å². The molecular weight excluding hydrogens is 316 g/mol. The maximum Gasteiger partial charge on any atom is 0.224 e. The highest BCUT2D eigenvalue weighted by Crippen LogP contribution is 2.27. The molecule has 1 amide bonds. The Balaban J connectivity index is 1.73. The van der Waals surface area contributed by atoms with E-state index in [-0.39, 0.29) is 11.9 Å². The van der Waals surface area contributed by atoms with Gasteiger partial charge in [0.2, 0.25) is 5.91 Å². The van der Waals surface area contributed by atoms with Crippen LogP contribution in [-0.2, 0) is 17.6 Å². The lowest BCUT2D eigenvalue weighted by Crippen LogP contribution is -2.35. The summed E-state index contributed by atoms with van der Waals surface area (Å²) < 4.78 is 0. The zero-order chi connectivity index (χ0) is 17.3. The van der Waals surface area contributed by atoms with E-state index >= 15 is 0 Å². The quantitative estimate of drug-likeness (QED) is 0.708. The monoisotopic (exact) mass is 340 g/mol. The van der Waals surface area contributed by atoms with Gasteiger partial charge in [-0.25, -0.2) is 0 Å². The molecule has 3 nitrogen and oxygen atoms in total. The second kappa shape index (κ2) is 6.81. The van der Waals surface area contributed by atoms with Gasteiger partial charge in [0, 0.05) is 33.9 Å². The number of carbonyl (C=O) groups excluding carboxylic acids is 1. The van der Waals surface area contributed by atoms with Crippen LogP contribution in [0.1, 0.15) is 34.2 Å². The van der Waals surface area contributed by atoms with E-state index in [0.717, 1.165) is 28.6 Å². The SMILES string of the molecule is Cc1ccc2c(CC(=O)N[C@H](C)Cc3cccs3)c(C)[nH]c2c1C. The molecule has 0 aliphatic rings. The second-order valence-electron chi connectivity index (χ2n) is 6.59. The van der Waals surface area contributed by atoms with E-state index in [1.165, 1.54) is 16.0 Å². The topological polar surface area (TPSA) is 44.9 Å². The second-order valence-corrected chi connectivity index (χ2v) is 7.62.